The molecule has 0 amide bonds. The molecule has 2 aliphatic rings. The maximum Gasteiger partial charge on any atom is 0.186 e. The Kier molecular flexibility index (Phi) is 4.21. The van der Waals surface area contributed by atoms with Gasteiger partial charge in [0.2, 0.25) is 0 Å². The number of ether oxygens (including phenoxy) is 2. The van der Waals surface area contributed by atoms with E-state index in [9.17, 15) is 4.79 Å². The lowest BCUT2D eigenvalue weighted by Crippen LogP contribution is -2.51. The van der Waals surface area contributed by atoms with Gasteiger partial charge < -0.3 is 14.4 Å². The Bertz CT molecular complexity index is 1070. The van der Waals surface area contributed by atoms with Crippen LogP contribution in [-0.2, 0) is 0 Å². The Morgan fingerprint density at radius 3 is 2.82 bits per heavy atom. The van der Waals surface area contributed by atoms with Crippen molar-refractivity contribution in [3.63, 3.8) is 0 Å². The van der Waals surface area contributed by atoms with Crippen LogP contribution in [-0.4, -0.2) is 36.6 Å². The highest BCUT2D eigenvalue weighted by Crippen LogP contribution is 2.42. The van der Waals surface area contributed by atoms with Gasteiger partial charge in [-0.3, -0.25) is 4.79 Å². The summed E-state index contributed by atoms with van der Waals surface area (Å²) in [6, 6.07) is 11.2. The number of anilines is 1. The quantitative estimate of drug-likeness (QED) is 0.593. The number of Topliss-reactive ketones (excluding diaryl/α,β-unsaturated/α-hetero) is 1. The Hall–Kier alpha value is -2.31. The topological polar surface area (TPSA) is 51.7 Å². The monoisotopic (exact) mass is 414 g/mol. The van der Waals surface area contributed by atoms with Gasteiger partial charge in [0.05, 0.1) is 29.3 Å². The van der Waals surface area contributed by atoms with E-state index in [4.69, 9.17) is 26.1 Å². The van der Waals surface area contributed by atoms with Crippen LogP contribution in [0.25, 0.3) is 10.2 Å². The van der Waals surface area contributed by atoms with Gasteiger partial charge in [0.1, 0.15) is 17.1 Å². The van der Waals surface area contributed by atoms with Gasteiger partial charge in [-0.15, -0.1) is 0 Å². The molecule has 0 N–H and O–H groups in total. The molecule has 0 radical (unpaired) electrons. The largest absolute Gasteiger partial charge is 0.497 e. The van der Waals surface area contributed by atoms with Crippen LogP contribution in [0.3, 0.4) is 0 Å². The normalized spacial score (nSPS) is 18.2. The minimum absolute atomic E-state index is 0.128. The number of piperidine rings is 1. The van der Waals surface area contributed by atoms with Crippen molar-refractivity contribution < 1.29 is 14.3 Å². The Morgan fingerprint density at radius 2 is 2.04 bits per heavy atom. The van der Waals surface area contributed by atoms with Crippen LogP contribution in [0.5, 0.6) is 11.5 Å². The standard InChI is InChI=1S/C21H19ClN2O3S/c1-26-14-3-5-18-15(11-14)17(25)12-21(27-18)6-8-24(9-7-21)20-23-16-4-2-13(22)10-19(16)28-20/h2-5,10-11H,6-9,12H2,1H3. The Balaban J connectivity index is 1.35. The number of hydrogen-bond acceptors (Lipinski definition) is 6. The molecule has 0 unspecified atom stereocenters. The number of halogens is 1. The summed E-state index contributed by atoms with van der Waals surface area (Å²) in [4.78, 5) is 19.8. The predicted octanol–water partition coefficient (Wildman–Crippen LogP) is 4.96. The first-order chi connectivity index (χ1) is 13.5. The highest BCUT2D eigenvalue weighted by molar-refractivity contribution is 7.22. The smallest absolute Gasteiger partial charge is 0.186 e. The van der Waals surface area contributed by atoms with E-state index >= 15 is 0 Å². The molecule has 1 aromatic heterocycles. The zero-order valence-corrected chi connectivity index (χ0v) is 17.0. The second-order valence-electron chi connectivity index (χ2n) is 7.34. The lowest BCUT2D eigenvalue weighted by Gasteiger charge is -2.43. The number of methoxy groups -OCH3 is 1. The molecule has 1 fully saturated rings. The minimum atomic E-state index is -0.421. The van der Waals surface area contributed by atoms with E-state index in [1.54, 1.807) is 24.5 Å². The lowest BCUT2D eigenvalue weighted by atomic mass is 9.82. The summed E-state index contributed by atoms with van der Waals surface area (Å²) in [5.74, 6) is 1.47. The number of carbonyl (C=O) groups is 1. The van der Waals surface area contributed by atoms with Crippen molar-refractivity contribution in [1.82, 2.24) is 4.98 Å². The zero-order valence-electron chi connectivity index (χ0n) is 15.4. The van der Waals surface area contributed by atoms with Gasteiger partial charge in [0.15, 0.2) is 10.9 Å². The number of ketones is 1. The molecule has 0 aliphatic carbocycles. The van der Waals surface area contributed by atoms with Gasteiger partial charge in [-0.05, 0) is 36.4 Å². The van der Waals surface area contributed by atoms with Crippen molar-refractivity contribution in [2.75, 3.05) is 25.1 Å². The summed E-state index contributed by atoms with van der Waals surface area (Å²) in [5, 5.41) is 1.73. The van der Waals surface area contributed by atoms with Gasteiger partial charge in [-0.2, -0.15) is 0 Å². The minimum Gasteiger partial charge on any atom is -0.497 e. The van der Waals surface area contributed by atoms with E-state index in [2.05, 4.69) is 4.90 Å². The van der Waals surface area contributed by atoms with Gasteiger partial charge >= 0.3 is 0 Å². The van der Waals surface area contributed by atoms with Gasteiger partial charge in [-0.25, -0.2) is 4.98 Å². The molecular formula is C21H19ClN2O3S. The summed E-state index contributed by atoms with van der Waals surface area (Å²) in [6.07, 6.45) is 2.00. The van der Waals surface area contributed by atoms with Crippen molar-refractivity contribution in [3.05, 3.63) is 47.0 Å². The van der Waals surface area contributed by atoms with E-state index in [0.29, 0.717) is 23.5 Å². The summed E-state index contributed by atoms with van der Waals surface area (Å²) >= 11 is 7.75. The SMILES string of the molecule is COc1ccc2c(c1)C(=O)CC1(CCN(c3nc4ccc(Cl)cc4s3)CC1)O2. The van der Waals surface area contributed by atoms with Gasteiger partial charge in [-0.1, -0.05) is 22.9 Å². The van der Waals surface area contributed by atoms with Gasteiger partial charge in [0.25, 0.3) is 0 Å². The third kappa shape index (κ3) is 3.01. The summed E-state index contributed by atoms with van der Waals surface area (Å²) in [7, 11) is 1.60. The Labute approximate surface area is 171 Å². The lowest BCUT2D eigenvalue weighted by molar-refractivity contribution is 0.0231. The average molecular weight is 415 g/mol. The number of nitrogens with zero attached hydrogens (tertiary/aromatic N) is 2. The molecule has 3 aromatic rings. The molecule has 5 nitrogen and oxygen atoms in total. The molecule has 28 heavy (non-hydrogen) atoms. The van der Waals surface area contributed by atoms with E-state index in [-0.39, 0.29) is 5.78 Å². The fraction of sp³-hybridized carbons (Fsp3) is 0.333. The van der Waals surface area contributed by atoms with Crippen LogP contribution in [0.4, 0.5) is 5.13 Å². The van der Waals surface area contributed by atoms with Gasteiger partial charge in [0, 0.05) is 31.0 Å². The number of fused-ring (bicyclic) bond motifs is 2. The molecule has 2 aromatic carbocycles. The first-order valence-corrected chi connectivity index (χ1v) is 10.5. The Morgan fingerprint density at radius 1 is 1.21 bits per heavy atom. The fourth-order valence-electron chi connectivity index (χ4n) is 4.01. The van der Waals surface area contributed by atoms with Crippen molar-refractivity contribution in [3.8, 4) is 11.5 Å². The molecule has 1 spiro atoms. The summed E-state index contributed by atoms with van der Waals surface area (Å²) < 4.78 is 12.7. The molecule has 144 valence electrons. The van der Waals surface area contributed by atoms with Crippen LogP contribution in [0.1, 0.15) is 29.6 Å². The van der Waals surface area contributed by atoms with Crippen molar-refractivity contribution >= 4 is 44.1 Å². The second kappa shape index (κ2) is 6.64. The highest BCUT2D eigenvalue weighted by atomic mass is 35.5. The second-order valence-corrected chi connectivity index (χ2v) is 8.79. The van der Waals surface area contributed by atoms with E-state index in [0.717, 1.165) is 46.3 Å². The number of carbonyl (C=O) groups excluding carboxylic acids is 1. The van der Waals surface area contributed by atoms with E-state index < -0.39 is 5.60 Å². The number of thiazole rings is 1. The third-order valence-corrected chi connectivity index (χ3v) is 6.89. The van der Waals surface area contributed by atoms with E-state index in [1.807, 2.05) is 30.3 Å². The fourth-order valence-corrected chi connectivity index (χ4v) is 5.30. The van der Waals surface area contributed by atoms with Crippen LogP contribution in [0, 0.1) is 0 Å². The van der Waals surface area contributed by atoms with Crippen molar-refractivity contribution in [1.29, 1.82) is 0 Å². The van der Waals surface area contributed by atoms with Crippen molar-refractivity contribution in [2.24, 2.45) is 0 Å². The highest BCUT2D eigenvalue weighted by Gasteiger charge is 2.43. The number of benzene rings is 2. The average Bonchev–Trinajstić information content (AvgIpc) is 3.11. The molecule has 1 saturated heterocycles. The molecule has 0 saturated carbocycles. The molecule has 5 rings (SSSR count). The maximum atomic E-state index is 12.8. The van der Waals surface area contributed by atoms with Crippen LogP contribution >= 0.6 is 22.9 Å². The molecule has 2 aliphatic heterocycles. The first-order valence-electron chi connectivity index (χ1n) is 9.27. The zero-order chi connectivity index (χ0) is 19.3. The van der Waals surface area contributed by atoms with Crippen molar-refractivity contribution in [2.45, 2.75) is 24.9 Å². The predicted molar refractivity (Wildman–Crippen MR) is 111 cm³/mol. The van der Waals surface area contributed by atoms with Crippen LogP contribution in [0.15, 0.2) is 36.4 Å². The number of aromatic nitrogens is 1. The molecule has 0 atom stereocenters. The van der Waals surface area contributed by atoms with Crippen LogP contribution < -0.4 is 14.4 Å². The summed E-state index contributed by atoms with van der Waals surface area (Å²) in [5.41, 5.74) is 1.17. The maximum absolute atomic E-state index is 12.8. The summed E-state index contributed by atoms with van der Waals surface area (Å²) in [6.45, 7) is 1.62. The molecule has 7 heteroatoms. The third-order valence-electron chi connectivity index (χ3n) is 5.58. The van der Waals surface area contributed by atoms with Crippen LogP contribution in [0.2, 0.25) is 5.02 Å². The molecule has 0 bridgehead atoms. The molecular weight excluding hydrogens is 396 g/mol. The molecule has 3 heterocycles. The first kappa shape index (κ1) is 17.8. The van der Waals surface area contributed by atoms with E-state index in [1.165, 1.54) is 0 Å². The number of hydrogen-bond donors (Lipinski definition) is 0. The number of rotatable bonds is 2.